The van der Waals surface area contributed by atoms with Gasteiger partial charge in [-0.2, -0.15) is 0 Å². The van der Waals surface area contributed by atoms with Crippen LogP contribution < -0.4 is 0 Å². The number of unbranched alkanes of at least 4 members (excludes halogenated alkanes) is 6. The van der Waals surface area contributed by atoms with Crippen LogP contribution in [0.4, 0.5) is 0 Å². The molecule has 21 heavy (non-hydrogen) atoms. The lowest BCUT2D eigenvalue weighted by Crippen LogP contribution is -2.02. The third kappa shape index (κ3) is 7.12. The Morgan fingerprint density at radius 1 is 1.00 bits per heavy atom. The Balaban J connectivity index is 2.62. The van der Waals surface area contributed by atoms with E-state index in [2.05, 4.69) is 19.2 Å². The Hall–Kier alpha value is -0.830. The smallest absolute Gasteiger partial charge is 0.308 e. The number of hydrogen-bond donors (Lipinski definition) is 1. The van der Waals surface area contributed by atoms with Gasteiger partial charge in [0.2, 0.25) is 0 Å². The molecule has 0 unspecified atom stereocenters. The molecule has 0 radical (unpaired) electrons. The molecule has 0 saturated heterocycles. The lowest BCUT2D eigenvalue weighted by molar-refractivity contribution is -0.136. The van der Waals surface area contributed by atoms with Crippen molar-refractivity contribution in [2.45, 2.75) is 84.5 Å². The molecule has 0 amide bonds. The summed E-state index contributed by atoms with van der Waals surface area (Å²) in [7, 11) is 0. The van der Waals surface area contributed by atoms with Gasteiger partial charge in [-0.05, 0) is 42.2 Å². The van der Waals surface area contributed by atoms with Gasteiger partial charge in [0, 0.05) is 4.88 Å². The number of carboxylic acids is 1. The first-order chi connectivity index (χ1) is 10.2. The van der Waals surface area contributed by atoms with Gasteiger partial charge in [0.15, 0.2) is 0 Å². The van der Waals surface area contributed by atoms with Crippen LogP contribution in [0.2, 0.25) is 0 Å². The Kier molecular flexibility index (Phi) is 9.40. The first-order valence-electron chi connectivity index (χ1n) is 8.48. The van der Waals surface area contributed by atoms with E-state index in [9.17, 15) is 4.79 Å². The maximum absolute atomic E-state index is 11.0. The summed E-state index contributed by atoms with van der Waals surface area (Å²) in [6, 6.07) is 0. The molecule has 0 atom stereocenters. The van der Waals surface area contributed by atoms with Crippen LogP contribution in [0, 0.1) is 0 Å². The largest absolute Gasteiger partial charge is 0.481 e. The van der Waals surface area contributed by atoms with E-state index in [-0.39, 0.29) is 6.42 Å². The van der Waals surface area contributed by atoms with Crippen molar-refractivity contribution in [1.29, 1.82) is 0 Å². The van der Waals surface area contributed by atoms with E-state index in [1.807, 2.05) is 0 Å². The van der Waals surface area contributed by atoms with Gasteiger partial charge in [0.1, 0.15) is 0 Å². The molecule has 0 aliphatic carbocycles. The van der Waals surface area contributed by atoms with Gasteiger partial charge < -0.3 is 5.11 Å². The average molecular weight is 311 g/mol. The van der Waals surface area contributed by atoms with E-state index in [0.717, 1.165) is 17.7 Å². The Labute approximate surface area is 133 Å². The molecular formula is C18H30O2S. The maximum atomic E-state index is 11.0. The summed E-state index contributed by atoms with van der Waals surface area (Å²) >= 11 is 1.65. The predicted octanol–water partition coefficient (Wildman–Crippen LogP) is 5.62. The monoisotopic (exact) mass is 310 g/mol. The molecule has 0 saturated carbocycles. The predicted molar refractivity (Wildman–Crippen MR) is 91.4 cm³/mol. The Bertz CT molecular complexity index is 409. The summed E-state index contributed by atoms with van der Waals surface area (Å²) in [5.41, 5.74) is 2.78. The molecule has 0 fully saturated rings. The number of carbonyl (C=O) groups is 1. The summed E-state index contributed by atoms with van der Waals surface area (Å²) in [6.45, 7) is 4.45. The zero-order valence-corrected chi connectivity index (χ0v) is 14.4. The first kappa shape index (κ1) is 18.2. The van der Waals surface area contributed by atoms with Gasteiger partial charge in [0.05, 0.1) is 6.42 Å². The van der Waals surface area contributed by atoms with Crippen molar-refractivity contribution < 1.29 is 9.90 Å². The highest BCUT2D eigenvalue weighted by Crippen LogP contribution is 2.27. The van der Waals surface area contributed by atoms with Crippen molar-refractivity contribution in [3.05, 3.63) is 21.4 Å². The standard InChI is InChI=1S/C18H30O2S/c1-3-5-7-9-11-15-14-21-17(13-18(19)20)16(15)12-10-8-6-4-2/h14H,3-13H2,1-2H3,(H,19,20). The topological polar surface area (TPSA) is 37.3 Å². The summed E-state index contributed by atoms with van der Waals surface area (Å²) in [4.78, 5) is 12.1. The SMILES string of the molecule is CCCCCCc1csc(CC(=O)O)c1CCCCCC. The van der Waals surface area contributed by atoms with Crippen LogP contribution in [0.15, 0.2) is 5.38 Å². The van der Waals surface area contributed by atoms with Crippen molar-refractivity contribution in [3.8, 4) is 0 Å². The third-order valence-corrected chi connectivity index (χ3v) is 5.04. The molecule has 2 nitrogen and oxygen atoms in total. The van der Waals surface area contributed by atoms with Crippen LogP contribution >= 0.6 is 11.3 Å². The third-order valence-electron chi connectivity index (χ3n) is 3.96. The number of carboxylic acid groups (broad SMARTS) is 1. The van der Waals surface area contributed by atoms with E-state index in [4.69, 9.17) is 5.11 Å². The molecule has 0 aliphatic heterocycles. The first-order valence-corrected chi connectivity index (χ1v) is 9.36. The number of rotatable bonds is 12. The highest BCUT2D eigenvalue weighted by Gasteiger charge is 2.13. The molecule has 0 bridgehead atoms. The molecule has 1 aromatic heterocycles. The Morgan fingerprint density at radius 3 is 2.19 bits per heavy atom. The molecular weight excluding hydrogens is 280 g/mol. The van der Waals surface area contributed by atoms with Gasteiger partial charge in [-0.25, -0.2) is 0 Å². The van der Waals surface area contributed by atoms with Crippen molar-refractivity contribution in [1.82, 2.24) is 0 Å². The number of hydrogen-bond acceptors (Lipinski definition) is 2. The van der Waals surface area contributed by atoms with E-state index in [0.29, 0.717) is 0 Å². The minimum Gasteiger partial charge on any atom is -0.481 e. The highest BCUT2D eigenvalue weighted by molar-refractivity contribution is 7.10. The van der Waals surface area contributed by atoms with Crippen LogP contribution in [0.1, 0.15) is 81.2 Å². The lowest BCUT2D eigenvalue weighted by atomic mass is 9.98. The van der Waals surface area contributed by atoms with Crippen LogP contribution in [0.5, 0.6) is 0 Å². The minimum atomic E-state index is -0.704. The van der Waals surface area contributed by atoms with E-state index >= 15 is 0 Å². The molecule has 0 spiro atoms. The fraction of sp³-hybridized carbons (Fsp3) is 0.722. The molecule has 1 aromatic rings. The van der Waals surface area contributed by atoms with Crippen LogP contribution in [0.25, 0.3) is 0 Å². The Morgan fingerprint density at radius 2 is 1.62 bits per heavy atom. The molecule has 1 heterocycles. The average Bonchev–Trinajstić information content (AvgIpc) is 2.81. The summed E-state index contributed by atoms with van der Waals surface area (Å²) in [5.74, 6) is -0.704. The fourth-order valence-corrected chi connectivity index (χ4v) is 3.86. The summed E-state index contributed by atoms with van der Waals surface area (Å²) in [5, 5.41) is 11.3. The zero-order valence-electron chi connectivity index (χ0n) is 13.6. The van der Waals surface area contributed by atoms with Gasteiger partial charge in [0.25, 0.3) is 0 Å². The fourth-order valence-electron chi connectivity index (χ4n) is 2.73. The van der Waals surface area contributed by atoms with Gasteiger partial charge in [-0.1, -0.05) is 52.4 Å². The van der Waals surface area contributed by atoms with Crippen molar-refractivity contribution in [3.63, 3.8) is 0 Å². The molecule has 1 rings (SSSR count). The van der Waals surface area contributed by atoms with Crippen LogP contribution in [0.3, 0.4) is 0 Å². The second kappa shape index (κ2) is 10.8. The highest BCUT2D eigenvalue weighted by atomic mass is 32.1. The number of aliphatic carboxylic acids is 1. The normalized spacial score (nSPS) is 11.0. The van der Waals surface area contributed by atoms with E-state index < -0.39 is 5.97 Å². The quantitative estimate of drug-likeness (QED) is 0.509. The maximum Gasteiger partial charge on any atom is 0.308 e. The van der Waals surface area contributed by atoms with Crippen molar-refractivity contribution in [2.24, 2.45) is 0 Å². The summed E-state index contributed by atoms with van der Waals surface area (Å²) < 4.78 is 0. The van der Waals surface area contributed by atoms with Crippen LogP contribution in [-0.4, -0.2) is 11.1 Å². The lowest BCUT2D eigenvalue weighted by Gasteiger charge is -2.07. The molecule has 1 N–H and O–H groups in total. The van der Waals surface area contributed by atoms with Gasteiger partial charge in [-0.3, -0.25) is 4.79 Å². The van der Waals surface area contributed by atoms with Crippen molar-refractivity contribution in [2.75, 3.05) is 0 Å². The summed E-state index contributed by atoms with van der Waals surface area (Å²) in [6.07, 6.45) is 12.5. The minimum absolute atomic E-state index is 0.197. The molecule has 3 heteroatoms. The van der Waals surface area contributed by atoms with E-state index in [1.54, 1.807) is 11.3 Å². The zero-order chi connectivity index (χ0) is 15.5. The van der Waals surface area contributed by atoms with Gasteiger partial charge in [-0.15, -0.1) is 11.3 Å². The molecule has 120 valence electrons. The number of aryl methyl sites for hydroxylation is 1. The van der Waals surface area contributed by atoms with Gasteiger partial charge >= 0.3 is 5.97 Å². The van der Waals surface area contributed by atoms with Crippen molar-refractivity contribution >= 4 is 17.3 Å². The molecule has 0 aliphatic rings. The second-order valence-corrected chi connectivity index (χ2v) is 6.82. The van der Waals surface area contributed by atoms with E-state index in [1.165, 1.54) is 62.5 Å². The molecule has 0 aromatic carbocycles. The van der Waals surface area contributed by atoms with Crippen LogP contribution in [-0.2, 0) is 24.1 Å². The number of thiophene rings is 1. The second-order valence-electron chi connectivity index (χ2n) is 5.85.